The standard InChI is InChI=1S/C18H19N5O2/c1-2-12-10-17(24)23-16(20-12)11-14(21-23)15-7-5-9-22(15)18(25)13-6-3-4-8-19-13/h3-4,6,8,10-11,15,21H,2,5,7,9H2,1H3/t15-/m0/s1. The summed E-state index contributed by atoms with van der Waals surface area (Å²) in [4.78, 5) is 35.5. The van der Waals surface area contributed by atoms with Crippen LogP contribution in [0.3, 0.4) is 0 Å². The lowest BCUT2D eigenvalue weighted by Gasteiger charge is -2.23. The number of likely N-dealkylation sites (tertiary alicyclic amines) is 1. The van der Waals surface area contributed by atoms with Gasteiger partial charge in [-0.2, -0.15) is 0 Å². The Bertz CT molecular complexity index is 976. The molecule has 0 saturated carbocycles. The molecule has 4 heterocycles. The summed E-state index contributed by atoms with van der Waals surface area (Å²) < 4.78 is 1.44. The van der Waals surface area contributed by atoms with Crippen LogP contribution in [0.1, 0.15) is 47.7 Å². The van der Waals surface area contributed by atoms with Crippen molar-refractivity contribution in [3.05, 3.63) is 64.0 Å². The highest BCUT2D eigenvalue weighted by molar-refractivity contribution is 5.92. The molecule has 0 aromatic carbocycles. The maximum Gasteiger partial charge on any atom is 0.273 e. The van der Waals surface area contributed by atoms with E-state index in [2.05, 4.69) is 15.1 Å². The number of H-pyrrole nitrogens is 1. The molecule has 3 aromatic heterocycles. The summed E-state index contributed by atoms with van der Waals surface area (Å²) in [5.74, 6) is -0.0868. The lowest BCUT2D eigenvalue weighted by atomic mass is 10.1. The number of nitrogens with one attached hydrogen (secondary N) is 1. The number of aromatic amines is 1. The van der Waals surface area contributed by atoms with Crippen molar-refractivity contribution < 1.29 is 4.79 Å². The molecule has 0 radical (unpaired) electrons. The van der Waals surface area contributed by atoms with Crippen molar-refractivity contribution in [3.8, 4) is 0 Å². The molecule has 0 unspecified atom stereocenters. The predicted molar refractivity (Wildman–Crippen MR) is 92.4 cm³/mol. The Balaban J connectivity index is 1.71. The number of carbonyl (C=O) groups is 1. The van der Waals surface area contributed by atoms with E-state index in [1.54, 1.807) is 24.4 Å². The second kappa shape index (κ2) is 6.16. The van der Waals surface area contributed by atoms with Crippen LogP contribution in [-0.2, 0) is 6.42 Å². The molecule has 1 atom stereocenters. The fourth-order valence-corrected chi connectivity index (χ4v) is 3.38. The highest BCUT2D eigenvalue weighted by Crippen LogP contribution is 2.32. The highest BCUT2D eigenvalue weighted by Gasteiger charge is 2.32. The van der Waals surface area contributed by atoms with Crippen molar-refractivity contribution in [2.75, 3.05) is 6.54 Å². The minimum atomic E-state index is -0.131. The van der Waals surface area contributed by atoms with Gasteiger partial charge >= 0.3 is 0 Å². The van der Waals surface area contributed by atoms with Gasteiger partial charge in [-0.15, -0.1) is 0 Å². The Labute approximate surface area is 144 Å². The summed E-state index contributed by atoms with van der Waals surface area (Å²) in [6.45, 7) is 2.65. The first kappa shape index (κ1) is 15.6. The summed E-state index contributed by atoms with van der Waals surface area (Å²) in [5.41, 5.74) is 2.50. The molecule has 1 aliphatic rings. The van der Waals surface area contributed by atoms with Crippen LogP contribution in [0.15, 0.2) is 41.3 Å². The zero-order valence-electron chi connectivity index (χ0n) is 14.0. The van der Waals surface area contributed by atoms with Gasteiger partial charge in [-0.25, -0.2) is 9.50 Å². The van der Waals surface area contributed by atoms with E-state index in [1.165, 1.54) is 4.52 Å². The number of nitrogens with zero attached hydrogens (tertiary/aromatic N) is 4. The molecule has 1 saturated heterocycles. The predicted octanol–water partition coefficient (Wildman–Crippen LogP) is 1.96. The summed E-state index contributed by atoms with van der Waals surface area (Å²) in [6, 6.07) is 8.64. The molecule has 7 nitrogen and oxygen atoms in total. The van der Waals surface area contributed by atoms with E-state index in [1.807, 2.05) is 24.0 Å². The zero-order valence-corrected chi connectivity index (χ0v) is 14.0. The molecular weight excluding hydrogens is 318 g/mol. The molecule has 1 N–H and O–H groups in total. The first-order chi connectivity index (χ1) is 12.2. The number of carbonyl (C=O) groups excluding carboxylic acids is 1. The third-order valence-electron chi connectivity index (χ3n) is 4.64. The molecule has 1 aliphatic heterocycles. The second-order valence-corrected chi connectivity index (χ2v) is 6.22. The number of fused-ring (bicyclic) bond motifs is 1. The number of aromatic nitrogens is 4. The maximum atomic E-state index is 12.8. The molecule has 3 aromatic rings. The van der Waals surface area contributed by atoms with Gasteiger partial charge in [-0.05, 0) is 31.4 Å². The fraction of sp³-hybridized carbons (Fsp3) is 0.333. The van der Waals surface area contributed by atoms with Gasteiger partial charge in [-0.1, -0.05) is 13.0 Å². The number of pyridine rings is 1. The van der Waals surface area contributed by atoms with E-state index >= 15 is 0 Å². The van der Waals surface area contributed by atoms with Crippen LogP contribution in [0.5, 0.6) is 0 Å². The number of hydrogen-bond acceptors (Lipinski definition) is 4. The van der Waals surface area contributed by atoms with Gasteiger partial charge in [0.15, 0.2) is 5.65 Å². The number of aryl methyl sites for hydroxylation is 1. The second-order valence-electron chi connectivity index (χ2n) is 6.22. The van der Waals surface area contributed by atoms with Crippen LogP contribution >= 0.6 is 0 Å². The van der Waals surface area contributed by atoms with Crippen molar-refractivity contribution in [1.29, 1.82) is 0 Å². The minimum Gasteiger partial charge on any atom is -0.329 e. The zero-order chi connectivity index (χ0) is 17.4. The van der Waals surface area contributed by atoms with Crippen molar-refractivity contribution in [1.82, 2.24) is 24.5 Å². The average Bonchev–Trinajstić information content (AvgIpc) is 3.28. The molecule has 7 heteroatoms. The van der Waals surface area contributed by atoms with Gasteiger partial charge in [0, 0.05) is 30.6 Å². The highest BCUT2D eigenvalue weighted by atomic mass is 16.2. The van der Waals surface area contributed by atoms with Crippen LogP contribution in [0, 0.1) is 0 Å². The van der Waals surface area contributed by atoms with Crippen molar-refractivity contribution in [2.24, 2.45) is 0 Å². The molecule has 1 fully saturated rings. The van der Waals surface area contributed by atoms with E-state index < -0.39 is 0 Å². The Kier molecular flexibility index (Phi) is 3.83. The first-order valence-electron chi connectivity index (χ1n) is 8.51. The normalized spacial score (nSPS) is 17.3. The Hall–Kier alpha value is -2.96. The third-order valence-corrected chi connectivity index (χ3v) is 4.64. The van der Waals surface area contributed by atoms with E-state index in [0.29, 0.717) is 24.3 Å². The van der Waals surface area contributed by atoms with E-state index in [-0.39, 0.29) is 17.5 Å². The quantitative estimate of drug-likeness (QED) is 0.792. The molecule has 0 aliphatic carbocycles. The van der Waals surface area contributed by atoms with Crippen LogP contribution in [0.4, 0.5) is 0 Å². The molecule has 0 spiro atoms. The lowest BCUT2D eigenvalue weighted by Crippen LogP contribution is -2.31. The van der Waals surface area contributed by atoms with E-state index in [4.69, 9.17) is 0 Å². The Morgan fingerprint density at radius 1 is 1.36 bits per heavy atom. The van der Waals surface area contributed by atoms with Gasteiger partial charge in [0.25, 0.3) is 11.5 Å². The monoisotopic (exact) mass is 337 g/mol. The number of rotatable bonds is 3. The molecule has 128 valence electrons. The summed E-state index contributed by atoms with van der Waals surface area (Å²) in [7, 11) is 0. The van der Waals surface area contributed by atoms with Crippen LogP contribution in [0.2, 0.25) is 0 Å². The number of hydrogen-bond donors (Lipinski definition) is 1. The minimum absolute atomic E-state index is 0.0868. The van der Waals surface area contributed by atoms with E-state index in [9.17, 15) is 9.59 Å². The molecule has 1 amide bonds. The molecule has 25 heavy (non-hydrogen) atoms. The van der Waals surface area contributed by atoms with Crippen molar-refractivity contribution in [2.45, 2.75) is 32.2 Å². The lowest BCUT2D eigenvalue weighted by molar-refractivity contribution is 0.0726. The van der Waals surface area contributed by atoms with Gasteiger partial charge in [0.1, 0.15) is 5.69 Å². The summed E-state index contributed by atoms with van der Waals surface area (Å²) >= 11 is 0. The van der Waals surface area contributed by atoms with Crippen LogP contribution in [-0.4, -0.2) is 36.9 Å². The van der Waals surface area contributed by atoms with E-state index in [0.717, 1.165) is 24.2 Å². The summed E-state index contributed by atoms with van der Waals surface area (Å²) in [5, 5.41) is 3.12. The average molecular weight is 337 g/mol. The van der Waals surface area contributed by atoms with Gasteiger partial charge < -0.3 is 4.90 Å². The number of amides is 1. The van der Waals surface area contributed by atoms with Crippen molar-refractivity contribution in [3.63, 3.8) is 0 Å². The van der Waals surface area contributed by atoms with Gasteiger partial charge in [0.2, 0.25) is 0 Å². The topological polar surface area (TPSA) is 83.4 Å². The fourth-order valence-electron chi connectivity index (χ4n) is 3.38. The van der Waals surface area contributed by atoms with Crippen molar-refractivity contribution >= 4 is 11.6 Å². The van der Waals surface area contributed by atoms with Gasteiger partial charge in [-0.3, -0.25) is 19.7 Å². The Morgan fingerprint density at radius 3 is 3.00 bits per heavy atom. The Morgan fingerprint density at radius 2 is 2.24 bits per heavy atom. The largest absolute Gasteiger partial charge is 0.329 e. The van der Waals surface area contributed by atoms with Crippen LogP contribution < -0.4 is 5.56 Å². The smallest absolute Gasteiger partial charge is 0.273 e. The third kappa shape index (κ3) is 2.71. The molecule has 0 bridgehead atoms. The SMILES string of the molecule is CCc1cc(=O)n2[nH]c([C@@H]3CCCN3C(=O)c3ccccn3)cc2n1. The first-order valence-corrected chi connectivity index (χ1v) is 8.51. The molecular formula is C18H19N5O2. The molecule has 4 rings (SSSR count). The maximum absolute atomic E-state index is 12.8. The van der Waals surface area contributed by atoms with Gasteiger partial charge in [0.05, 0.1) is 11.7 Å². The summed E-state index contributed by atoms with van der Waals surface area (Å²) in [6.07, 6.45) is 4.10. The van der Waals surface area contributed by atoms with Crippen LogP contribution in [0.25, 0.3) is 5.65 Å².